The highest BCUT2D eigenvalue weighted by Crippen LogP contribution is 2.46. The maximum Gasteiger partial charge on any atom is 0.0629 e. The molecule has 0 fully saturated rings. The van der Waals surface area contributed by atoms with Gasteiger partial charge in [0.1, 0.15) is 0 Å². The second-order valence-corrected chi connectivity index (χ2v) is 3.50. The first-order chi connectivity index (χ1) is 12.1. The third-order valence-corrected chi connectivity index (χ3v) is 2.69. The summed E-state index contributed by atoms with van der Waals surface area (Å²) in [6.45, 7) is 0. The molecular weight excluding hydrogens is 192 g/mol. The number of hydrogen-bond donors (Lipinski definition) is 0. The van der Waals surface area contributed by atoms with Gasteiger partial charge in [0.2, 0.25) is 0 Å². The Balaban J connectivity index is 2.45. The zero-order valence-corrected chi connectivity index (χ0v) is 8.00. The summed E-state index contributed by atoms with van der Waals surface area (Å²) in [5.41, 5.74) is 0.0426. The van der Waals surface area contributed by atoms with Crippen molar-refractivity contribution < 1.29 is 13.7 Å². The van der Waals surface area contributed by atoms with Crippen LogP contribution >= 0.6 is 0 Å². The Morgan fingerprint density at radius 1 is 0.562 bits per heavy atom. The summed E-state index contributed by atoms with van der Waals surface area (Å²) >= 11 is 0. The van der Waals surface area contributed by atoms with Gasteiger partial charge in [-0.25, -0.2) is 0 Å². The van der Waals surface area contributed by atoms with Gasteiger partial charge in [0.25, 0.3) is 0 Å². The molecule has 0 unspecified atom stereocenters. The van der Waals surface area contributed by atoms with Crippen LogP contribution in [0.3, 0.4) is 0 Å². The van der Waals surface area contributed by atoms with Gasteiger partial charge in [0.05, 0.1) is 13.7 Å². The number of benzene rings is 3. The van der Waals surface area contributed by atoms with E-state index in [9.17, 15) is 0 Å². The quantitative estimate of drug-likeness (QED) is 0.403. The van der Waals surface area contributed by atoms with Crippen molar-refractivity contribution in [3.63, 3.8) is 0 Å². The summed E-state index contributed by atoms with van der Waals surface area (Å²) in [7, 11) is 0. The van der Waals surface area contributed by atoms with E-state index < -0.39 is 48.3 Å². The minimum absolute atomic E-state index is 0.00648. The molecule has 0 aromatic heterocycles. The largest absolute Gasteiger partial charge is 0.0629 e. The fourth-order valence-electron chi connectivity index (χ4n) is 2.03. The van der Waals surface area contributed by atoms with Gasteiger partial charge >= 0.3 is 0 Å². The lowest BCUT2D eigenvalue weighted by Gasteiger charge is -2.00. The molecular formula is C16H10. The molecule has 0 N–H and O–H groups in total. The third kappa shape index (κ3) is 0.849. The molecule has 0 bridgehead atoms. The Bertz CT molecular complexity index is 1090. The highest BCUT2D eigenvalue weighted by atomic mass is 14.2. The summed E-state index contributed by atoms with van der Waals surface area (Å²) in [5.74, 6) is 0. The lowest BCUT2D eigenvalue weighted by atomic mass is 10.0. The molecule has 0 spiro atoms. The van der Waals surface area contributed by atoms with Crippen LogP contribution < -0.4 is 0 Å². The van der Waals surface area contributed by atoms with Crippen LogP contribution in [0.2, 0.25) is 0 Å². The molecule has 1 aliphatic carbocycles. The van der Waals surface area contributed by atoms with Crippen LogP contribution in [0, 0.1) is 0 Å². The highest BCUT2D eigenvalue weighted by molar-refractivity contribution is 6.15. The molecule has 0 aliphatic heterocycles. The van der Waals surface area contributed by atoms with E-state index in [1.807, 2.05) is 0 Å². The number of rotatable bonds is 0. The molecule has 0 saturated carbocycles. The second kappa shape index (κ2) is 2.73. The lowest BCUT2D eigenvalue weighted by Crippen LogP contribution is -1.73. The van der Waals surface area contributed by atoms with E-state index in [0.717, 1.165) is 0 Å². The SMILES string of the molecule is [2H]c1c([2H])c([2H])c2c(c1[2H])-c1c([2H])c([2H])c([2H])c3c([2H])c([2H])c([2H])c-2c13. The first kappa shape index (κ1) is 3.21. The molecule has 16 heavy (non-hydrogen) atoms. The summed E-state index contributed by atoms with van der Waals surface area (Å²) in [6.07, 6.45) is 0. The Kier molecular flexibility index (Phi) is 0.548. The normalized spacial score (nSPS) is 20.5. The first-order valence-corrected chi connectivity index (χ1v) is 4.75. The van der Waals surface area contributed by atoms with Crippen molar-refractivity contribution in [2.45, 2.75) is 0 Å². The summed E-state index contributed by atoms with van der Waals surface area (Å²) in [5, 5.41) is 0.0362. The molecule has 4 rings (SSSR count). The molecule has 3 aromatic carbocycles. The summed E-state index contributed by atoms with van der Waals surface area (Å²) < 4.78 is 81.0. The van der Waals surface area contributed by atoms with E-state index in [0.29, 0.717) is 0 Å². The topological polar surface area (TPSA) is 0 Å². The van der Waals surface area contributed by atoms with Crippen molar-refractivity contribution in [1.82, 2.24) is 0 Å². The van der Waals surface area contributed by atoms with E-state index >= 15 is 0 Å². The Morgan fingerprint density at radius 2 is 1.06 bits per heavy atom. The van der Waals surface area contributed by atoms with Crippen LogP contribution in [0.5, 0.6) is 0 Å². The van der Waals surface area contributed by atoms with Crippen molar-refractivity contribution in [3.8, 4) is 22.3 Å². The molecule has 0 heterocycles. The van der Waals surface area contributed by atoms with Crippen LogP contribution in [-0.2, 0) is 0 Å². The monoisotopic (exact) mass is 212 g/mol. The molecule has 0 atom stereocenters. The van der Waals surface area contributed by atoms with Gasteiger partial charge in [-0.3, -0.25) is 0 Å². The van der Waals surface area contributed by atoms with Gasteiger partial charge in [-0.05, 0) is 33.0 Å². The van der Waals surface area contributed by atoms with E-state index in [4.69, 9.17) is 13.7 Å². The van der Waals surface area contributed by atoms with Gasteiger partial charge in [0, 0.05) is 0 Å². The first-order valence-electron chi connectivity index (χ1n) is 9.75. The zero-order chi connectivity index (χ0) is 19.2. The van der Waals surface area contributed by atoms with Crippen LogP contribution in [0.1, 0.15) is 13.7 Å². The van der Waals surface area contributed by atoms with E-state index in [-0.39, 0.29) is 45.1 Å². The van der Waals surface area contributed by atoms with E-state index in [1.165, 1.54) is 0 Å². The fraction of sp³-hybridized carbons (Fsp3) is 0. The molecule has 0 nitrogen and oxygen atoms in total. The maximum absolute atomic E-state index is 8.24. The van der Waals surface area contributed by atoms with E-state index in [2.05, 4.69) is 0 Å². The van der Waals surface area contributed by atoms with Crippen LogP contribution in [0.25, 0.3) is 33.0 Å². The third-order valence-electron chi connectivity index (χ3n) is 2.69. The van der Waals surface area contributed by atoms with Crippen LogP contribution in [-0.4, -0.2) is 0 Å². The minimum atomic E-state index is -0.501. The Labute approximate surface area is 108 Å². The second-order valence-electron chi connectivity index (χ2n) is 3.50. The summed E-state index contributed by atoms with van der Waals surface area (Å²) in [6, 6.07) is -4.38. The maximum atomic E-state index is 8.24. The molecule has 0 radical (unpaired) electrons. The van der Waals surface area contributed by atoms with Gasteiger partial charge in [-0.1, -0.05) is 60.4 Å². The van der Waals surface area contributed by atoms with Gasteiger partial charge < -0.3 is 0 Å². The van der Waals surface area contributed by atoms with Crippen molar-refractivity contribution in [3.05, 3.63) is 60.4 Å². The highest BCUT2D eigenvalue weighted by Gasteiger charge is 2.19. The van der Waals surface area contributed by atoms with Crippen molar-refractivity contribution in [2.24, 2.45) is 0 Å². The smallest absolute Gasteiger partial charge is 0.0616 e. The fourth-order valence-corrected chi connectivity index (χ4v) is 2.03. The zero-order valence-electron chi connectivity index (χ0n) is 18.0. The Hall–Kier alpha value is -2.08. The Morgan fingerprint density at radius 3 is 1.62 bits per heavy atom. The van der Waals surface area contributed by atoms with Crippen molar-refractivity contribution in [1.29, 1.82) is 0 Å². The molecule has 0 heteroatoms. The van der Waals surface area contributed by atoms with Crippen LogP contribution in [0.4, 0.5) is 0 Å². The molecule has 74 valence electrons. The minimum Gasteiger partial charge on any atom is -0.0616 e. The molecule has 0 amide bonds. The number of fused-ring (bicyclic) bond motifs is 3. The average Bonchev–Trinajstić information content (AvgIpc) is 2.96. The van der Waals surface area contributed by atoms with Crippen molar-refractivity contribution >= 4 is 10.8 Å². The van der Waals surface area contributed by atoms with Crippen molar-refractivity contribution in [2.75, 3.05) is 0 Å². The lowest BCUT2D eigenvalue weighted by molar-refractivity contribution is 1.70. The summed E-state index contributed by atoms with van der Waals surface area (Å²) in [4.78, 5) is 0. The van der Waals surface area contributed by atoms with Gasteiger partial charge in [-0.2, -0.15) is 0 Å². The van der Waals surface area contributed by atoms with E-state index in [1.54, 1.807) is 0 Å². The predicted molar refractivity (Wildman–Crippen MR) is 68.4 cm³/mol. The molecule has 1 aliphatic rings. The van der Waals surface area contributed by atoms with Gasteiger partial charge in [0.15, 0.2) is 0 Å². The average molecular weight is 212 g/mol. The predicted octanol–water partition coefficient (Wildman–Crippen LogP) is 4.49. The standard InChI is InChI=1S/C16H10/c1-2-8-13-12(7-1)14-9-3-5-11-6-4-10-15(13)16(11)14/h1-10H/i1D,2D,3D,4D,5D,6D,7D,8D,9D,10D. The molecule has 0 saturated heterocycles. The van der Waals surface area contributed by atoms with Crippen LogP contribution in [0.15, 0.2) is 60.4 Å². The number of hydrogen-bond acceptors (Lipinski definition) is 0. The van der Waals surface area contributed by atoms with Gasteiger partial charge in [-0.15, -0.1) is 0 Å². The molecule has 3 aromatic rings.